The van der Waals surface area contributed by atoms with E-state index in [1.54, 1.807) is 6.92 Å². The fourth-order valence-electron chi connectivity index (χ4n) is 3.23. The second-order valence-electron chi connectivity index (χ2n) is 7.05. The largest absolute Gasteiger partial charge is 0.418 e. The van der Waals surface area contributed by atoms with Crippen LogP contribution in [-0.4, -0.2) is 29.7 Å². The van der Waals surface area contributed by atoms with Crippen molar-refractivity contribution in [2.75, 3.05) is 5.32 Å². The van der Waals surface area contributed by atoms with Crippen LogP contribution in [0.3, 0.4) is 0 Å². The molecule has 0 bridgehead atoms. The molecule has 8 nitrogen and oxygen atoms in total. The first-order valence-electron chi connectivity index (χ1n) is 9.45. The Morgan fingerprint density at radius 1 is 0.971 bits per heavy atom. The molecule has 0 aliphatic heterocycles. The number of nitriles is 1. The average Bonchev–Trinajstić information content (AvgIpc) is 3.27. The first-order chi connectivity index (χ1) is 16.0. The number of anilines is 1. The molecule has 3 aromatic heterocycles. The van der Waals surface area contributed by atoms with E-state index in [0.717, 1.165) is 6.33 Å². The maximum atomic E-state index is 13.5. The molecule has 1 N–H and O–H groups in total. The number of hydrogen-bond donors (Lipinski definition) is 1. The van der Waals surface area contributed by atoms with Gasteiger partial charge in [0, 0.05) is 11.6 Å². The van der Waals surface area contributed by atoms with E-state index >= 15 is 0 Å². The Kier molecular flexibility index (Phi) is 5.56. The van der Waals surface area contributed by atoms with E-state index < -0.39 is 40.4 Å². The number of rotatable bonds is 4. The third-order valence-electron chi connectivity index (χ3n) is 4.78. The van der Waals surface area contributed by atoms with Crippen LogP contribution in [0.2, 0.25) is 0 Å². The Morgan fingerprint density at radius 3 is 2.35 bits per heavy atom. The lowest BCUT2D eigenvalue weighted by molar-refractivity contribution is -0.142. The first kappa shape index (κ1) is 22.9. The summed E-state index contributed by atoms with van der Waals surface area (Å²) in [6, 6.07) is 4.74. The van der Waals surface area contributed by atoms with Crippen LogP contribution in [0.4, 0.5) is 32.2 Å². The number of hydrogen-bond acceptors (Lipinski definition) is 7. The molecule has 0 radical (unpaired) electrons. The summed E-state index contributed by atoms with van der Waals surface area (Å²) in [7, 11) is 0. The molecule has 4 rings (SSSR count). The Labute approximate surface area is 186 Å². The van der Waals surface area contributed by atoms with Gasteiger partial charge in [-0.15, -0.1) is 0 Å². The van der Waals surface area contributed by atoms with E-state index in [9.17, 15) is 26.3 Å². The predicted molar refractivity (Wildman–Crippen MR) is 105 cm³/mol. The van der Waals surface area contributed by atoms with Crippen molar-refractivity contribution in [2.45, 2.75) is 25.3 Å². The lowest BCUT2D eigenvalue weighted by Gasteiger charge is -2.18. The van der Waals surface area contributed by atoms with Gasteiger partial charge in [-0.2, -0.15) is 41.4 Å². The molecule has 4 aromatic rings. The van der Waals surface area contributed by atoms with Gasteiger partial charge < -0.3 is 5.32 Å². The van der Waals surface area contributed by atoms with Crippen LogP contribution in [0.1, 0.15) is 35.5 Å². The highest BCUT2D eigenvalue weighted by atomic mass is 19.4. The van der Waals surface area contributed by atoms with Crippen LogP contribution >= 0.6 is 0 Å². The van der Waals surface area contributed by atoms with Gasteiger partial charge in [0.2, 0.25) is 0 Å². The van der Waals surface area contributed by atoms with E-state index in [2.05, 4.69) is 30.4 Å². The minimum Gasteiger partial charge on any atom is -0.360 e. The molecule has 14 heteroatoms. The number of pyridine rings is 1. The zero-order valence-corrected chi connectivity index (χ0v) is 17.0. The SMILES string of the molecule is CC(Nc1ncnc2c(C(F)(F)F)cc(C(F)(F)F)cc12)c1ncnn1-c1ccc(C#N)cn1. The van der Waals surface area contributed by atoms with Crippen LogP contribution in [0.15, 0.2) is 43.1 Å². The number of benzene rings is 1. The third-order valence-corrected chi connectivity index (χ3v) is 4.78. The van der Waals surface area contributed by atoms with Gasteiger partial charge >= 0.3 is 12.4 Å². The van der Waals surface area contributed by atoms with Gasteiger partial charge in [0.25, 0.3) is 0 Å². The molecule has 34 heavy (non-hydrogen) atoms. The summed E-state index contributed by atoms with van der Waals surface area (Å²) in [4.78, 5) is 15.6. The number of fused-ring (bicyclic) bond motifs is 1. The Balaban J connectivity index is 1.77. The maximum absolute atomic E-state index is 13.5. The molecular formula is C20H12F6N8. The molecule has 0 saturated heterocycles. The molecule has 0 spiro atoms. The third kappa shape index (κ3) is 4.32. The fourth-order valence-corrected chi connectivity index (χ4v) is 3.23. The van der Waals surface area contributed by atoms with Crippen molar-refractivity contribution in [2.24, 2.45) is 0 Å². The highest BCUT2D eigenvalue weighted by molar-refractivity contribution is 5.92. The van der Waals surface area contributed by atoms with Crippen molar-refractivity contribution in [1.82, 2.24) is 29.7 Å². The molecule has 1 aromatic carbocycles. The Morgan fingerprint density at radius 2 is 1.74 bits per heavy atom. The molecule has 0 aliphatic carbocycles. The van der Waals surface area contributed by atoms with Crippen LogP contribution in [0.5, 0.6) is 0 Å². The lowest BCUT2D eigenvalue weighted by Crippen LogP contribution is -2.16. The summed E-state index contributed by atoms with van der Waals surface area (Å²) in [5, 5.41) is 15.3. The van der Waals surface area contributed by atoms with Gasteiger partial charge in [0.15, 0.2) is 11.6 Å². The van der Waals surface area contributed by atoms with Crippen molar-refractivity contribution >= 4 is 16.7 Å². The number of nitrogens with one attached hydrogen (secondary N) is 1. The normalized spacial score (nSPS) is 13.0. The molecule has 1 atom stereocenters. The summed E-state index contributed by atoms with van der Waals surface area (Å²) in [6.07, 6.45) is -6.75. The predicted octanol–water partition coefficient (Wildman–Crippen LogP) is 4.69. The van der Waals surface area contributed by atoms with Crippen LogP contribution in [0.25, 0.3) is 16.7 Å². The monoisotopic (exact) mass is 478 g/mol. The minimum atomic E-state index is -5.07. The highest BCUT2D eigenvalue weighted by Crippen LogP contribution is 2.40. The van der Waals surface area contributed by atoms with E-state index in [1.807, 2.05) is 6.07 Å². The van der Waals surface area contributed by atoms with E-state index in [1.165, 1.54) is 29.3 Å². The second kappa shape index (κ2) is 8.25. The van der Waals surface area contributed by atoms with Crippen molar-refractivity contribution < 1.29 is 26.3 Å². The molecular weight excluding hydrogens is 466 g/mol. The molecule has 0 fully saturated rings. The summed E-state index contributed by atoms with van der Waals surface area (Å²) in [6.45, 7) is 1.57. The van der Waals surface area contributed by atoms with E-state index in [4.69, 9.17) is 5.26 Å². The minimum absolute atomic E-state index is 0.0236. The van der Waals surface area contributed by atoms with E-state index in [-0.39, 0.29) is 17.7 Å². The van der Waals surface area contributed by atoms with Crippen LogP contribution in [-0.2, 0) is 12.4 Å². The van der Waals surface area contributed by atoms with Gasteiger partial charge in [-0.25, -0.2) is 19.9 Å². The van der Waals surface area contributed by atoms with Gasteiger partial charge in [-0.05, 0) is 31.2 Å². The standard InChI is InChI=1S/C20H12F6N8/c1-10(18-31-9-32-34(18)15-3-2-11(6-27)7-28-15)33-17-13-4-12(19(21,22)23)5-14(20(24,25)26)16(13)29-8-30-17/h2-5,7-10H,1H3,(H,29,30,33). The molecule has 1 unspecified atom stereocenters. The topological polar surface area (TPSA) is 105 Å². The number of aromatic nitrogens is 6. The van der Waals surface area contributed by atoms with Gasteiger partial charge in [-0.1, -0.05) is 0 Å². The van der Waals surface area contributed by atoms with Gasteiger partial charge in [0.1, 0.15) is 24.5 Å². The van der Waals surface area contributed by atoms with Crippen molar-refractivity contribution in [3.05, 3.63) is 65.6 Å². The summed E-state index contributed by atoms with van der Waals surface area (Å²) < 4.78 is 81.8. The summed E-state index contributed by atoms with van der Waals surface area (Å²) >= 11 is 0. The van der Waals surface area contributed by atoms with Crippen LogP contribution < -0.4 is 5.32 Å². The van der Waals surface area contributed by atoms with Crippen LogP contribution in [0, 0.1) is 11.3 Å². The quantitative estimate of drug-likeness (QED) is 0.425. The van der Waals surface area contributed by atoms with E-state index in [0.29, 0.717) is 17.4 Å². The second-order valence-corrected chi connectivity index (χ2v) is 7.05. The molecule has 3 heterocycles. The summed E-state index contributed by atoms with van der Waals surface area (Å²) in [5.41, 5.74) is -3.38. The molecule has 0 amide bonds. The molecule has 174 valence electrons. The van der Waals surface area contributed by atoms with Gasteiger partial charge in [-0.3, -0.25) is 0 Å². The maximum Gasteiger partial charge on any atom is 0.418 e. The highest BCUT2D eigenvalue weighted by Gasteiger charge is 2.39. The van der Waals surface area contributed by atoms with Gasteiger partial charge in [0.05, 0.1) is 28.2 Å². The van der Waals surface area contributed by atoms with Crippen molar-refractivity contribution in [3.63, 3.8) is 0 Å². The number of nitrogens with zero attached hydrogens (tertiary/aromatic N) is 7. The summed E-state index contributed by atoms with van der Waals surface area (Å²) in [5.74, 6) is 0.287. The first-order valence-corrected chi connectivity index (χ1v) is 9.45. The Hall–Kier alpha value is -4.28. The van der Waals surface area contributed by atoms with Crippen molar-refractivity contribution in [1.29, 1.82) is 5.26 Å². The molecule has 0 saturated carbocycles. The Bertz CT molecular complexity index is 1390. The fraction of sp³-hybridized carbons (Fsp3) is 0.200. The zero-order chi connectivity index (χ0) is 24.7. The molecule has 0 aliphatic rings. The smallest absolute Gasteiger partial charge is 0.360 e. The number of alkyl halides is 6. The average molecular weight is 478 g/mol. The lowest BCUT2D eigenvalue weighted by atomic mass is 10.0. The number of halogens is 6. The zero-order valence-electron chi connectivity index (χ0n) is 17.0. The van der Waals surface area contributed by atoms with Crippen molar-refractivity contribution in [3.8, 4) is 11.9 Å².